The van der Waals surface area contributed by atoms with Crippen LogP contribution in [0.3, 0.4) is 0 Å². The number of hydrogen-bond donors (Lipinski definition) is 2. The van der Waals surface area contributed by atoms with Crippen LogP contribution in [0.5, 0.6) is 0 Å². The van der Waals surface area contributed by atoms with Crippen LogP contribution in [0.25, 0.3) is 10.9 Å². The molecule has 3 N–H and O–H groups in total. The summed E-state index contributed by atoms with van der Waals surface area (Å²) in [7, 11) is 0. The fraction of sp³-hybridized carbons (Fsp3) is 0.250. The van der Waals surface area contributed by atoms with Crippen LogP contribution < -0.4 is 10.3 Å². The maximum Gasteiger partial charge on any atom is 0.214 e. The molecule has 2 aromatic carbocycles. The Bertz CT molecular complexity index is 830. The second-order valence-electron chi connectivity index (χ2n) is 6.18. The zero-order chi connectivity index (χ0) is 15.6. The first-order valence-electron chi connectivity index (χ1n) is 8.25. The molecule has 1 aromatic heterocycles. The van der Waals surface area contributed by atoms with E-state index in [1.165, 1.54) is 16.5 Å². The summed E-state index contributed by atoms with van der Waals surface area (Å²) in [4.78, 5) is 3.45. The number of aliphatic hydroxyl groups is 1. The predicted molar refractivity (Wildman–Crippen MR) is 92.2 cm³/mol. The molecule has 0 bridgehead atoms. The minimum Gasteiger partial charge on any atom is -0.382 e. The van der Waals surface area contributed by atoms with Gasteiger partial charge in [-0.05, 0) is 30.9 Å². The number of anilines is 1. The van der Waals surface area contributed by atoms with Crippen molar-refractivity contribution in [1.29, 1.82) is 0 Å². The van der Waals surface area contributed by atoms with Gasteiger partial charge in [0.05, 0.1) is 11.1 Å². The third-order valence-electron chi connectivity index (χ3n) is 4.64. The Hall–Kier alpha value is -2.39. The number of aliphatic hydroxyl groups excluding tert-OH is 1. The molecule has 3 aromatic rings. The van der Waals surface area contributed by atoms with Gasteiger partial charge in [-0.1, -0.05) is 42.5 Å². The lowest BCUT2D eigenvalue weighted by molar-refractivity contribution is -0.370. The van der Waals surface area contributed by atoms with Crippen LogP contribution in [0.15, 0.2) is 54.6 Å². The largest absolute Gasteiger partial charge is 0.382 e. The number of H-pyrrole nitrogens is 1. The number of rotatable bonds is 3. The maximum absolute atomic E-state index is 10.4. The van der Waals surface area contributed by atoms with Crippen molar-refractivity contribution in [3.8, 4) is 0 Å². The van der Waals surface area contributed by atoms with Gasteiger partial charge in [-0.25, -0.2) is 4.98 Å². The lowest BCUT2D eigenvalue weighted by atomic mass is 9.90. The molecule has 3 heteroatoms. The predicted octanol–water partition coefficient (Wildman–Crippen LogP) is 3.64. The van der Waals surface area contributed by atoms with Gasteiger partial charge in [0, 0.05) is 18.2 Å². The van der Waals surface area contributed by atoms with Crippen LogP contribution >= 0.6 is 0 Å². The molecule has 23 heavy (non-hydrogen) atoms. The van der Waals surface area contributed by atoms with Crippen molar-refractivity contribution in [2.75, 3.05) is 5.32 Å². The van der Waals surface area contributed by atoms with Gasteiger partial charge < -0.3 is 10.4 Å². The van der Waals surface area contributed by atoms with E-state index in [1.807, 2.05) is 12.1 Å². The standard InChI is InChI=1S/C20H20N2O/c23-18-12-6-10-16-19(21-13-14-7-2-1-3-8-14)15-9-4-5-11-17(15)22-20(16)18/h1-5,7-9,11,18,23H,6,10,12-13H2,(H,21,22)/p+1/t18-/m0/s1. The molecule has 1 aliphatic carbocycles. The first-order valence-corrected chi connectivity index (χ1v) is 8.25. The Kier molecular flexibility index (Phi) is 3.72. The summed E-state index contributed by atoms with van der Waals surface area (Å²) in [6.45, 7) is 0.789. The Morgan fingerprint density at radius 2 is 1.83 bits per heavy atom. The highest BCUT2D eigenvalue weighted by Crippen LogP contribution is 2.35. The summed E-state index contributed by atoms with van der Waals surface area (Å²) < 4.78 is 0. The van der Waals surface area contributed by atoms with E-state index in [4.69, 9.17) is 0 Å². The van der Waals surface area contributed by atoms with Gasteiger partial charge in [-0.15, -0.1) is 0 Å². The third kappa shape index (κ3) is 2.68. The van der Waals surface area contributed by atoms with Crippen LogP contribution in [0.4, 0.5) is 5.69 Å². The van der Waals surface area contributed by atoms with Crippen molar-refractivity contribution >= 4 is 16.6 Å². The van der Waals surface area contributed by atoms with Gasteiger partial charge in [-0.3, -0.25) is 0 Å². The third-order valence-corrected chi connectivity index (χ3v) is 4.64. The van der Waals surface area contributed by atoms with Gasteiger partial charge in [-0.2, -0.15) is 0 Å². The van der Waals surface area contributed by atoms with E-state index in [-0.39, 0.29) is 6.10 Å². The second-order valence-corrected chi connectivity index (χ2v) is 6.18. The first kappa shape index (κ1) is 14.2. The van der Waals surface area contributed by atoms with Gasteiger partial charge >= 0.3 is 0 Å². The smallest absolute Gasteiger partial charge is 0.214 e. The molecule has 0 saturated carbocycles. The van der Waals surface area contributed by atoms with E-state index in [2.05, 4.69) is 52.8 Å². The van der Waals surface area contributed by atoms with Crippen molar-refractivity contribution in [2.45, 2.75) is 31.9 Å². The topological polar surface area (TPSA) is 46.4 Å². The van der Waals surface area contributed by atoms with Crippen molar-refractivity contribution in [1.82, 2.24) is 0 Å². The molecule has 0 unspecified atom stereocenters. The molecule has 0 fully saturated rings. The van der Waals surface area contributed by atoms with E-state index >= 15 is 0 Å². The van der Waals surface area contributed by atoms with Crippen LogP contribution in [0.2, 0.25) is 0 Å². The Balaban J connectivity index is 1.80. The highest BCUT2D eigenvalue weighted by atomic mass is 16.3. The van der Waals surface area contributed by atoms with E-state index < -0.39 is 0 Å². The average molecular weight is 305 g/mol. The van der Waals surface area contributed by atoms with Crippen molar-refractivity contribution < 1.29 is 10.1 Å². The number of para-hydroxylation sites is 1. The van der Waals surface area contributed by atoms with Gasteiger partial charge in [0.15, 0.2) is 0 Å². The molecule has 116 valence electrons. The number of fused-ring (bicyclic) bond motifs is 2. The van der Waals surface area contributed by atoms with E-state index in [0.29, 0.717) is 0 Å². The van der Waals surface area contributed by atoms with Gasteiger partial charge in [0.25, 0.3) is 0 Å². The zero-order valence-electron chi connectivity index (χ0n) is 13.0. The van der Waals surface area contributed by atoms with Gasteiger partial charge in [0.2, 0.25) is 11.2 Å². The zero-order valence-corrected chi connectivity index (χ0v) is 13.0. The summed E-state index contributed by atoms with van der Waals surface area (Å²) in [6.07, 6.45) is 2.48. The molecule has 0 spiro atoms. The first-order chi connectivity index (χ1) is 11.3. The minimum absolute atomic E-state index is 0.388. The molecule has 1 aliphatic rings. The highest BCUT2D eigenvalue weighted by Gasteiger charge is 2.28. The number of pyridine rings is 1. The second kappa shape index (κ2) is 6.01. The molecule has 0 radical (unpaired) electrons. The highest BCUT2D eigenvalue weighted by molar-refractivity contribution is 5.91. The fourth-order valence-corrected chi connectivity index (χ4v) is 3.48. The Labute approximate surface area is 136 Å². The molecule has 1 atom stereocenters. The van der Waals surface area contributed by atoms with Crippen LogP contribution in [0.1, 0.15) is 35.8 Å². The summed E-state index contributed by atoms with van der Waals surface area (Å²) in [5, 5.41) is 15.2. The quantitative estimate of drug-likeness (QED) is 0.776. The normalized spacial score (nSPS) is 17.0. The molecular formula is C20H21N2O+. The van der Waals surface area contributed by atoms with E-state index in [1.54, 1.807) is 0 Å². The Morgan fingerprint density at radius 3 is 2.70 bits per heavy atom. The molecular weight excluding hydrogens is 284 g/mol. The number of aromatic nitrogens is 1. The number of aromatic amines is 1. The number of benzene rings is 2. The molecule has 0 aliphatic heterocycles. The number of hydrogen-bond acceptors (Lipinski definition) is 2. The van der Waals surface area contributed by atoms with Crippen LogP contribution in [-0.2, 0) is 13.0 Å². The summed E-state index contributed by atoms with van der Waals surface area (Å²) >= 11 is 0. The van der Waals surface area contributed by atoms with Crippen LogP contribution in [0, 0.1) is 0 Å². The van der Waals surface area contributed by atoms with Crippen LogP contribution in [-0.4, -0.2) is 5.11 Å². The molecule has 1 heterocycles. The summed E-state index contributed by atoms with van der Waals surface area (Å²) in [5.74, 6) is 0. The summed E-state index contributed by atoms with van der Waals surface area (Å²) in [6, 6.07) is 18.7. The number of nitrogens with one attached hydrogen (secondary N) is 2. The lowest BCUT2D eigenvalue weighted by Crippen LogP contribution is -2.24. The van der Waals surface area contributed by atoms with Crippen molar-refractivity contribution in [3.63, 3.8) is 0 Å². The summed E-state index contributed by atoms with van der Waals surface area (Å²) in [5.41, 5.74) is 5.71. The van der Waals surface area contributed by atoms with Crippen molar-refractivity contribution in [3.05, 3.63) is 71.4 Å². The Morgan fingerprint density at radius 1 is 1.04 bits per heavy atom. The van der Waals surface area contributed by atoms with E-state index in [9.17, 15) is 5.11 Å². The average Bonchev–Trinajstić information content (AvgIpc) is 2.60. The fourth-order valence-electron chi connectivity index (χ4n) is 3.48. The van der Waals surface area contributed by atoms with Gasteiger partial charge in [0.1, 0.15) is 6.10 Å². The SMILES string of the molecule is O[C@H]1CCCc2c1[nH+]c1ccccc1c2NCc1ccccc1. The van der Waals surface area contributed by atoms with E-state index in [0.717, 1.165) is 42.7 Å². The maximum atomic E-state index is 10.4. The molecule has 4 rings (SSSR count). The van der Waals surface area contributed by atoms with Crippen molar-refractivity contribution in [2.24, 2.45) is 0 Å². The lowest BCUT2D eigenvalue weighted by Gasteiger charge is -2.21. The molecule has 3 nitrogen and oxygen atoms in total. The monoisotopic (exact) mass is 305 g/mol. The molecule has 0 saturated heterocycles. The minimum atomic E-state index is -0.388. The molecule has 0 amide bonds.